The smallest absolute Gasteiger partial charge is 0.0431 e. The quantitative estimate of drug-likeness (QED) is 0.739. The Hall–Kier alpha value is -0.0500. The molecular weight excluding hydrogens is 186 g/mol. The van der Waals surface area contributed by atoms with Crippen molar-refractivity contribution in [1.29, 1.82) is 0 Å². The van der Waals surface area contributed by atoms with Crippen molar-refractivity contribution in [1.82, 2.24) is 4.90 Å². The maximum Gasteiger partial charge on any atom is 0.0431 e. The van der Waals surface area contributed by atoms with Gasteiger partial charge in [-0.2, -0.15) is 0 Å². The summed E-state index contributed by atoms with van der Waals surface area (Å²) in [5.74, 6) is 0. The van der Waals surface area contributed by atoms with Gasteiger partial charge in [-0.05, 0) is 32.2 Å². The Morgan fingerprint density at radius 3 is 3.08 bits per heavy atom. The Labute approximate surface area is 85.2 Å². The monoisotopic (exact) mass is 203 g/mol. The number of aliphatic hydroxyl groups excluding tert-OH is 1. The zero-order valence-corrected chi connectivity index (χ0v) is 8.71. The van der Waals surface area contributed by atoms with Gasteiger partial charge in [0.2, 0.25) is 0 Å². The lowest BCUT2D eigenvalue weighted by molar-refractivity contribution is 0.230. The molecule has 0 aromatic heterocycles. The predicted octanol–water partition coefficient (Wildman–Crippen LogP) is 1.98. The summed E-state index contributed by atoms with van der Waals surface area (Å²) in [7, 11) is 0. The summed E-state index contributed by atoms with van der Waals surface area (Å²) < 4.78 is 0. The molecule has 1 fully saturated rings. The van der Waals surface area contributed by atoms with Crippen molar-refractivity contribution in [2.45, 2.75) is 31.7 Å². The summed E-state index contributed by atoms with van der Waals surface area (Å²) in [6.45, 7) is 2.45. The average molecular weight is 204 g/mol. The molecule has 76 valence electrons. The van der Waals surface area contributed by atoms with Crippen molar-refractivity contribution < 1.29 is 5.11 Å². The second-order valence-electron chi connectivity index (χ2n) is 3.52. The zero-order valence-electron chi connectivity index (χ0n) is 7.95. The first kappa shape index (κ1) is 11.0. The normalized spacial score (nSPS) is 24.6. The van der Waals surface area contributed by atoms with Crippen molar-refractivity contribution in [2.75, 3.05) is 19.7 Å². The standard InChI is InChI=1S/C10H18ClNO/c11-6-3-8-12-7-1-4-10(12)5-2-9-13/h3,6,10,13H,1-2,4-5,7-9H2. The fourth-order valence-electron chi connectivity index (χ4n) is 1.96. The molecule has 1 rings (SSSR count). The van der Waals surface area contributed by atoms with E-state index in [2.05, 4.69) is 4.90 Å². The molecule has 0 aliphatic carbocycles. The molecule has 0 bridgehead atoms. The lowest BCUT2D eigenvalue weighted by Crippen LogP contribution is -2.29. The third kappa shape index (κ3) is 3.67. The van der Waals surface area contributed by atoms with Gasteiger partial charge in [0.1, 0.15) is 0 Å². The summed E-state index contributed by atoms with van der Waals surface area (Å²) in [4.78, 5) is 2.44. The van der Waals surface area contributed by atoms with Gasteiger partial charge in [-0.3, -0.25) is 4.90 Å². The molecule has 1 heterocycles. The van der Waals surface area contributed by atoms with Crippen LogP contribution >= 0.6 is 11.6 Å². The van der Waals surface area contributed by atoms with Crippen molar-refractivity contribution >= 4 is 11.6 Å². The molecule has 0 aromatic rings. The van der Waals surface area contributed by atoms with Crippen LogP contribution in [0.25, 0.3) is 0 Å². The molecule has 2 nitrogen and oxygen atoms in total. The minimum Gasteiger partial charge on any atom is -0.396 e. The third-order valence-electron chi connectivity index (χ3n) is 2.62. The van der Waals surface area contributed by atoms with E-state index in [0.29, 0.717) is 12.6 Å². The van der Waals surface area contributed by atoms with E-state index in [9.17, 15) is 0 Å². The number of rotatable bonds is 5. The van der Waals surface area contributed by atoms with Crippen LogP contribution in [0.3, 0.4) is 0 Å². The summed E-state index contributed by atoms with van der Waals surface area (Å²) in [5.41, 5.74) is 1.58. The molecule has 0 saturated carbocycles. The number of likely N-dealkylation sites (tertiary alicyclic amines) is 1. The molecule has 1 aliphatic rings. The lowest BCUT2D eigenvalue weighted by atomic mass is 10.1. The fourth-order valence-corrected chi connectivity index (χ4v) is 2.04. The van der Waals surface area contributed by atoms with Crippen LogP contribution in [0, 0.1) is 0 Å². The summed E-state index contributed by atoms with van der Waals surface area (Å²) in [6, 6.07) is 0.667. The highest BCUT2D eigenvalue weighted by molar-refractivity contribution is 6.25. The van der Waals surface area contributed by atoms with E-state index in [0.717, 1.165) is 19.4 Å². The van der Waals surface area contributed by atoms with E-state index in [4.69, 9.17) is 16.7 Å². The van der Waals surface area contributed by atoms with Gasteiger partial charge in [0, 0.05) is 24.7 Å². The number of halogens is 1. The molecule has 13 heavy (non-hydrogen) atoms. The number of nitrogens with zero attached hydrogens (tertiary/aromatic N) is 1. The minimum absolute atomic E-state index is 0.315. The molecule has 1 N–H and O–H groups in total. The molecule has 3 heteroatoms. The third-order valence-corrected chi connectivity index (χ3v) is 2.80. The molecule has 1 unspecified atom stereocenters. The van der Waals surface area contributed by atoms with E-state index >= 15 is 0 Å². The van der Waals surface area contributed by atoms with Crippen molar-refractivity contribution in [3.63, 3.8) is 0 Å². The van der Waals surface area contributed by atoms with Gasteiger partial charge in [-0.15, -0.1) is 0 Å². The van der Waals surface area contributed by atoms with Gasteiger partial charge in [-0.1, -0.05) is 17.7 Å². The fraction of sp³-hybridized carbons (Fsp3) is 0.800. The lowest BCUT2D eigenvalue weighted by Gasteiger charge is -2.22. The van der Waals surface area contributed by atoms with Crippen LogP contribution in [-0.4, -0.2) is 35.7 Å². The van der Waals surface area contributed by atoms with E-state index in [-0.39, 0.29) is 0 Å². The Bertz CT molecular complexity index is 161. The summed E-state index contributed by atoms with van der Waals surface area (Å²) in [6.07, 6.45) is 6.58. The van der Waals surface area contributed by atoms with E-state index < -0.39 is 0 Å². The second kappa shape index (κ2) is 6.41. The minimum atomic E-state index is 0.315. The van der Waals surface area contributed by atoms with E-state index in [1.807, 2.05) is 6.08 Å². The van der Waals surface area contributed by atoms with Crippen molar-refractivity contribution in [3.8, 4) is 0 Å². The highest BCUT2D eigenvalue weighted by Gasteiger charge is 2.22. The van der Waals surface area contributed by atoms with Crippen LogP contribution in [0.5, 0.6) is 0 Å². The molecule has 0 amide bonds. The van der Waals surface area contributed by atoms with E-state index in [1.54, 1.807) is 5.54 Å². The molecule has 0 aromatic carbocycles. The topological polar surface area (TPSA) is 23.5 Å². The second-order valence-corrected chi connectivity index (χ2v) is 3.77. The maximum atomic E-state index is 8.74. The largest absolute Gasteiger partial charge is 0.396 e. The molecule has 1 aliphatic heterocycles. The van der Waals surface area contributed by atoms with Gasteiger partial charge < -0.3 is 5.11 Å². The SMILES string of the molecule is OCCCC1CCCN1CC=CCl. The van der Waals surface area contributed by atoms with Crippen LogP contribution in [0.2, 0.25) is 0 Å². The molecule has 0 spiro atoms. The first-order valence-corrected chi connectivity index (χ1v) is 5.42. The Morgan fingerprint density at radius 2 is 2.38 bits per heavy atom. The Kier molecular flexibility index (Phi) is 5.44. The average Bonchev–Trinajstić information content (AvgIpc) is 2.59. The van der Waals surface area contributed by atoms with Gasteiger partial charge >= 0.3 is 0 Å². The van der Waals surface area contributed by atoms with Gasteiger partial charge in [-0.25, -0.2) is 0 Å². The first-order chi connectivity index (χ1) is 6.38. The first-order valence-electron chi connectivity index (χ1n) is 4.98. The molecule has 1 saturated heterocycles. The molecule has 1 atom stereocenters. The summed E-state index contributed by atoms with van der Waals surface area (Å²) >= 11 is 5.48. The number of hydrogen-bond donors (Lipinski definition) is 1. The number of aliphatic hydroxyl groups is 1. The van der Waals surface area contributed by atoms with Gasteiger partial charge in [0.25, 0.3) is 0 Å². The predicted molar refractivity (Wildman–Crippen MR) is 55.9 cm³/mol. The Balaban J connectivity index is 2.26. The zero-order chi connectivity index (χ0) is 9.52. The van der Waals surface area contributed by atoms with Crippen LogP contribution < -0.4 is 0 Å². The maximum absolute atomic E-state index is 8.74. The molecular formula is C10H18ClNO. The van der Waals surface area contributed by atoms with Crippen LogP contribution in [0.15, 0.2) is 11.6 Å². The number of hydrogen-bond acceptors (Lipinski definition) is 2. The molecule has 0 radical (unpaired) electrons. The highest BCUT2D eigenvalue weighted by atomic mass is 35.5. The summed E-state index contributed by atoms with van der Waals surface area (Å²) in [5, 5.41) is 8.74. The van der Waals surface area contributed by atoms with Gasteiger partial charge in [0.15, 0.2) is 0 Å². The Morgan fingerprint density at radius 1 is 1.54 bits per heavy atom. The van der Waals surface area contributed by atoms with Crippen molar-refractivity contribution in [2.24, 2.45) is 0 Å². The van der Waals surface area contributed by atoms with Crippen LogP contribution in [-0.2, 0) is 0 Å². The van der Waals surface area contributed by atoms with Crippen LogP contribution in [0.4, 0.5) is 0 Å². The van der Waals surface area contributed by atoms with E-state index in [1.165, 1.54) is 19.4 Å². The highest BCUT2D eigenvalue weighted by Crippen LogP contribution is 2.20. The van der Waals surface area contributed by atoms with Gasteiger partial charge in [0.05, 0.1) is 0 Å². The van der Waals surface area contributed by atoms with Crippen LogP contribution in [0.1, 0.15) is 25.7 Å². The van der Waals surface area contributed by atoms with Crippen molar-refractivity contribution in [3.05, 3.63) is 11.6 Å².